The summed E-state index contributed by atoms with van der Waals surface area (Å²) >= 11 is 0. The van der Waals surface area contributed by atoms with Gasteiger partial charge in [0.1, 0.15) is 11.6 Å². The van der Waals surface area contributed by atoms with Gasteiger partial charge >= 0.3 is 0 Å². The molecule has 0 aliphatic rings. The lowest BCUT2D eigenvalue weighted by molar-refractivity contribution is 0.569. The standard InChI is InChI=1S/C10H10F2N4O2S/c1-2-16-9(14-15-10(16)19(13,17)18)7-5-6(11)3-4-8(7)12/h3-5H,2H2,1H3,(H2,13,17,18). The molecule has 2 aromatic rings. The van der Waals surface area contributed by atoms with Crippen LogP contribution in [-0.2, 0) is 16.6 Å². The molecule has 1 aromatic carbocycles. The third-order valence-electron chi connectivity index (χ3n) is 2.46. The summed E-state index contributed by atoms with van der Waals surface area (Å²) in [6, 6.07) is 2.79. The van der Waals surface area contributed by atoms with E-state index in [0.717, 1.165) is 22.8 Å². The van der Waals surface area contributed by atoms with Crippen molar-refractivity contribution in [3.63, 3.8) is 0 Å². The highest BCUT2D eigenvalue weighted by atomic mass is 32.2. The molecule has 19 heavy (non-hydrogen) atoms. The van der Waals surface area contributed by atoms with Gasteiger partial charge in [-0.3, -0.25) is 4.57 Å². The second-order valence-corrected chi connectivity index (χ2v) is 5.17. The fourth-order valence-corrected chi connectivity index (χ4v) is 2.33. The quantitative estimate of drug-likeness (QED) is 0.908. The molecule has 2 N–H and O–H groups in total. The molecule has 0 atom stereocenters. The van der Waals surface area contributed by atoms with Crippen LogP contribution in [0.4, 0.5) is 8.78 Å². The van der Waals surface area contributed by atoms with Crippen molar-refractivity contribution in [1.29, 1.82) is 0 Å². The van der Waals surface area contributed by atoms with Gasteiger partial charge in [0, 0.05) is 6.54 Å². The summed E-state index contributed by atoms with van der Waals surface area (Å²) in [4.78, 5) is 0. The molecule has 1 aromatic heterocycles. The molecule has 0 spiro atoms. The first kappa shape index (κ1) is 13.6. The summed E-state index contributed by atoms with van der Waals surface area (Å²) in [6.07, 6.45) is 0. The number of sulfonamides is 1. The lowest BCUT2D eigenvalue weighted by atomic mass is 10.2. The molecule has 0 radical (unpaired) electrons. The van der Waals surface area contributed by atoms with Crippen LogP contribution in [0.1, 0.15) is 6.92 Å². The Hall–Kier alpha value is -1.87. The van der Waals surface area contributed by atoms with Gasteiger partial charge in [0.05, 0.1) is 5.56 Å². The van der Waals surface area contributed by atoms with Crippen molar-refractivity contribution < 1.29 is 17.2 Å². The predicted octanol–water partition coefficient (Wildman–Crippen LogP) is 0.891. The highest BCUT2D eigenvalue weighted by Gasteiger charge is 2.22. The van der Waals surface area contributed by atoms with Gasteiger partial charge in [-0.1, -0.05) is 0 Å². The normalized spacial score (nSPS) is 11.8. The minimum Gasteiger partial charge on any atom is -0.297 e. The Morgan fingerprint density at radius 3 is 2.58 bits per heavy atom. The van der Waals surface area contributed by atoms with Crippen molar-refractivity contribution in [2.24, 2.45) is 5.14 Å². The van der Waals surface area contributed by atoms with Crippen molar-refractivity contribution in [2.75, 3.05) is 0 Å². The van der Waals surface area contributed by atoms with E-state index in [9.17, 15) is 17.2 Å². The van der Waals surface area contributed by atoms with Gasteiger partial charge in [0.25, 0.3) is 15.2 Å². The van der Waals surface area contributed by atoms with Crippen LogP contribution in [0.3, 0.4) is 0 Å². The summed E-state index contributed by atoms with van der Waals surface area (Å²) in [7, 11) is -4.08. The third kappa shape index (κ3) is 2.47. The van der Waals surface area contributed by atoms with Crippen LogP contribution >= 0.6 is 0 Å². The first-order chi connectivity index (χ1) is 8.84. The SMILES string of the molecule is CCn1c(-c2cc(F)ccc2F)nnc1S(N)(=O)=O. The second-order valence-electron chi connectivity index (χ2n) is 3.72. The van der Waals surface area contributed by atoms with Crippen LogP contribution < -0.4 is 5.14 Å². The lowest BCUT2D eigenvalue weighted by Gasteiger charge is -2.07. The number of nitrogens with zero attached hydrogens (tertiary/aromatic N) is 3. The molecular formula is C10H10F2N4O2S. The summed E-state index contributed by atoms with van der Waals surface area (Å²) in [5.41, 5.74) is -0.177. The Morgan fingerprint density at radius 2 is 2.00 bits per heavy atom. The van der Waals surface area contributed by atoms with E-state index < -0.39 is 26.8 Å². The fraction of sp³-hybridized carbons (Fsp3) is 0.200. The van der Waals surface area contributed by atoms with Crippen molar-refractivity contribution in [2.45, 2.75) is 18.6 Å². The van der Waals surface area contributed by atoms with Gasteiger partial charge in [-0.15, -0.1) is 10.2 Å². The first-order valence-corrected chi connectivity index (χ1v) is 6.80. The average molecular weight is 288 g/mol. The fourth-order valence-electron chi connectivity index (χ4n) is 1.65. The number of hydrogen-bond donors (Lipinski definition) is 1. The van der Waals surface area contributed by atoms with Gasteiger partial charge in [-0.25, -0.2) is 22.3 Å². The smallest absolute Gasteiger partial charge is 0.273 e. The zero-order valence-electron chi connectivity index (χ0n) is 9.84. The summed E-state index contributed by atoms with van der Waals surface area (Å²) in [5, 5.41) is 11.5. The number of rotatable bonds is 3. The van der Waals surface area contributed by atoms with Crippen LogP contribution in [-0.4, -0.2) is 23.2 Å². The number of halogens is 2. The topological polar surface area (TPSA) is 90.9 Å². The van der Waals surface area contributed by atoms with Gasteiger partial charge in [-0.05, 0) is 25.1 Å². The maximum absolute atomic E-state index is 13.6. The monoisotopic (exact) mass is 288 g/mol. The third-order valence-corrected chi connectivity index (χ3v) is 3.27. The second kappa shape index (κ2) is 4.67. The van der Waals surface area contributed by atoms with E-state index in [1.807, 2.05) is 0 Å². The molecule has 0 unspecified atom stereocenters. The lowest BCUT2D eigenvalue weighted by Crippen LogP contribution is -2.18. The zero-order chi connectivity index (χ0) is 14.2. The van der Waals surface area contributed by atoms with Crippen LogP contribution in [0, 0.1) is 11.6 Å². The zero-order valence-corrected chi connectivity index (χ0v) is 10.7. The number of aromatic nitrogens is 3. The largest absolute Gasteiger partial charge is 0.297 e. The molecule has 0 aliphatic heterocycles. The first-order valence-electron chi connectivity index (χ1n) is 5.26. The van der Waals surface area contributed by atoms with E-state index >= 15 is 0 Å². The summed E-state index contributed by atoms with van der Waals surface area (Å²) in [6.45, 7) is 1.75. The molecule has 0 saturated carbocycles. The highest BCUT2D eigenvalue weighted by Crippen LogP contribution is 2.23. The number of nitrogens with two attached hydrogens (primary N) is 1. The Bertz CT molecular complexity index is 727. The molecule has 0 saturated heterocycles. The van der Waals surface area contributed by atoms with E-state index in [1.54, 1.807) is 6.92 Å². The van der Waals surface area contributed by atoms with Gasteiger partial charge < -0.3 is 0 Å². The molecule has 0 bridgehead atoms. The molecular weight excluding hydrogens is 278 g/mol. The molecule has 0 amide bonds. The number of benzene rings is 1. The van der Waals surface area contributed by atoms with E-state index in [1.165, 1.54) is 0 Å². The van der Waals surface area contributed by atoms with Gasteiger partial charge in [-0.2, -0.15) is 0 Å². The molecule has 9 heteroatoms. The Morgan fingerprint density at radius 1 is 1.32 bits per heavy atom. The maximum atomic E-state index is 13.6. The van der Waals surface area contributed by atoms with Crippen molar-refractivity contribution in [3.8, 4) is 11.4 Å². The van der Waals surface area contributed by atoms with Gasteiger partial charge in [0.15, 0.2) is 5.82 Å². The minimum atomic E-state index is -4.08. The van der Waals surface area contributed by atoms with Crippen molar-refractivity contribution in [3.05, 3.63) is 29.8 Å². The Balaban J connectivity index is 2.70. The van der Waals surface area contributed by atoms with E-state index in [2.05, 4.69) is 10.2 Å². The van der Waals surface area contributed by atoms with Crippen LogP contribution in [0.2, 0.25) is 0 Å². The van der Waals surface area contributed by atoms with E-state index in [4.69, 9.17) is 5.14 Å². The highest BCUT2D eigenvalue weighted by molar-refractivity contribution is 7.89. The molecule has 0 fully saturated rings. The molecule has 0 aliphatic carbocycles. The summed E-state index contributed by atoms with van der Waals surface area (Å²) in [5.74, 6) is -1.49. The van der Waals surface area contributed by atoms with Crippen molar-refractivity contribution >= 4 is 10.0 Å². The van der Waals surface area contributed by atoms with Crippen molar-refractivity contribution in [1.82, 2.24) is 14.8 Å². The Kier molecular flexibility index (Phi) is 3.33. The van der Waals surface area contributed by atoms with E-state index in [0.29, 0.717) is 0 Å². The molecule has 2 rings (SSSR count). The minimum absolute atomic E-state index is 0.0940. The van der Waals surface area contributed by atoms with Crippen LogP contribution in [0.15, 0.2) is 23.4 Å². The summed E-state index contributed by atoms with van der Waals surface area (Å²) < 4.78 is 50.5. The van der Waals surface area contributed by atoms with Crippen LogP contribution in [0.25, 0.3) is 11.4 Å². The Labute approximate surface area is 107 Å². The van der Waals surface area contributed by atoms with E-state index in [-0.39, 0.29) is 17.9 Å². The number of hydrogen-bond acceptors (Lipinski definition) is 4. The molecule has 102 valence electrons. The average Bonchev–Trinajstić information content (AvgIpc) is 2.75. The molecule has 6 nitrogen and oxygen atoms in total. The maximum Gasteiger partial charge on any atom is 0.273 e. The van der Waals surface area contributed by atoms with Crippen LogP contribution in [0.5, 0.6) is 0 Å². The number of primary sulfonamides is 1. The van der Waals surface area contributed by atoms with Gasteiger partial charge in [0.2, 0.25) is 0 Å². The molecule has 1 heterocycles. The predicted molar refractivity (Wildman–Crippen MR) is 62.4 cm³/mol.